The average Bonchev–Trinajstić information content (AvgIpc) is 2.47. The molecule has 3 heteroatoms. The lowest BCUT2D eigenvalue weighted by Gasteiger charge is -2.37. The van der Waals surface area contributed by atoms with Crippen LogP contribution in [0.5, 0.6) is 0 Å². The van der Waals surface area contributed by atoms with Crippen molar-refractivity contribution in [2.24, 2.45) is 11.7 Å². The number of benzene rings is 1. The number of piperidine rings is 1. The highest BCUT2D eigenvalue weighted by atomic mass is 16.5. The summed E-state index contributed by atoms with van der Waals surface area (Å²) >= 11 is 0. The highest BCUT2D eigenvalue weighted by molar-refractivity contribution is 5.19. The Morgan fingerprint density at radius 3 is 2.53 bits per heavy atom. The summed E-state index contributed by atoms with van der Waals surface area (Å²) in [6.45, 7) is 3.91. The molecule has 1 unspecified atom stereocenters. The molecule has 0 radical (unpaired) electrons. The first-order valence-electron chi connectivity index (χ1n) is 7.33. The molecule has 0 aromatic heterocycles. The van der Waals surface area contributed by atoms with Gasteiger partial charge in [0.25, 0.3) is 0 Å². The van der Waals surface area contributed by atoms with E-state index in [2.05, 4.69) is 35.2 Å². The van der Waals surface area contributed by atoms with Crippen LogP contribution >= 0.6 is 0 Å². The second-order valence-corrected chi connectivity index (χ2v) is 5.44. The van der Waals surface area contributed by atoms with Crippen molar-refractivity contribution in [1.29, 1.82) is 0 Å². The third-order valence-corrected chi connectivity index (χ3v) is 4.17. The van der Waals surface area contributed by atoms with Gasteiger partial charge in [0.2, 0.25) is 0 Å². The van der Waals surface area contributed by atoms with Gasteiger partial charge in [0, 0.05) is 7.11 Å². The van der Waals surface area contributed by atoms with Crippen molar-refractivity contribution in [2.75, 3.05) is 33.4 Å². The van der Waals surface area contributed by atoms with E-state index in [0.29, 0.717) is 6.04 Å². The van der Waals surface area contributed by atoms with Gasteiger partial charge < -0.3 is 10.5 Å². The minimum absolute atomic E-state index is 0.394. The molecule has 1 aliphatic rings. The summed E-state index contributed by atoms with van der Waals surface area (Å²) in [6.07, 6.45) is 3.71. The third kappa shape index (κ3) is 4.03. The van der Waals surface area contributed by atoms with Gasteiger partial charge in [-0.15, -0.1) is 0 Å². The maximum atomic E-state index is 5.66. The predicted molar refractivity (Wildman–Crippen MR) is 79.0 cm³/mol. The van der Waals surface area contributed by atoms with Crippen molar-refractivity contribution < 1.29 is 4.74 Å². The lowest BCUT2D eigenvalue weighted by molar-refractivity contribution is 0.0634. The number of hydrogen-bond donors (Lipinski definition) is 1. The Kier molecular flexibility index (Phi) is 5.83. The molecule has 0 bridgehead atoms. The minimum Gasteiger partial charge on any atom is -0.383 e. The zero-order valence-electron chi connectivity index (χ0n) is 11.9. The molecule has 1 saturated heterocycles. The van der Waals surface area contributed by atoms with Crippen LogP contribution in [0.1, 0.15) is 30.9 Å². The van der Waals surface area contributed by atoms with Gasteiger partial charge in [-0.1, -0.05) is 30.3 Å². The molecule has 106 valence electrons. The van der Waals surface area contributed by atoms with Crippen LogP contribution in [0, 0.1) is 5.92 Å². The van der Waals surface area contributed by atoms with Gasteiger partial charge in [-0.2, -0.15) is 0 Å². The summed E-state index contributed by atoms with van der Waals surface area (Å²) in [5.41, 5.74) is 7.02. The number of ether oxygens (including phenoxy) is 1. The smallest absolute Gasteiger partial charge is 0.0659 e. The fraction of sp³-hybridized carbons (Fsp3) is 0.625. The van der Waals surface area contributed by atoms with Crippen molar-refractivity contribution in [1.82, 2.24) is 4.90 Å². The molecular formula is C16H26N2O. The molecule has 1 aromatic carbocycles. The van der Waals surface area contributed by atoms with Crippen LogP contribution in [0.4, 0.5) is 0 Å². The lowest BCUT2D eigenvalue weighted by atomic mass is 9.92. The van der Waals surface area contributed by atoms with Crippen molar-refractivity contribution in [3.8, 4) is 0 Å². The van der Waals surface area contributed by atoms with Crippen LogP contribution < -0.4 is 5.73 Å². The maximum Gasteiger partial charge on any atom is 0.0659 e. The average molecular weight is 262 g/mol. The predicted octanol–water partition coefficient (Wildman–Crippen LogP) is 2.43. The van der Waals surface area contributed by atoms with Crippen molar-refractivity contribution in [3.63, 3.8) is 0 Å². The number of likely N-dealkylation sites (tertiary alicyclic amines) is 1. The van der Waals surface area contributed by atoms with Gasteiger partial charge in [0.15, 0.2) is 0 Å². The summed E-state index contributed by atoms with van der Waals surface area (Å²) < 4.78 is 5.42. The van der Waals surface area contributed by atoms with E-state index in [-0.39, 0.29) is 0 Å². The van der Waals surface area contributed by atoms with Crippen molar-refractivity contribution >= 4 is 0 Å². The fourth-order valence-corrected chi connectivity index (χ4v) is 3.03. The maximum absolute atomic E-state index is 5.66. The first-order valence-corrected chi connectivity index (χ1v) is 7.33. The number of hydrogen-bond acceptors (Lipinski definition) is 3. The molecule has 0 amide bonds. The Bertz CT molecular complexity index is 347. The summed E-state index contributed by atoms with van der Waals surface area (Å²) in [5, 5.41) is 0. The monoisotopic (exact) mass is 262 g/mol. The van der Waals surface area contributed by atoms with Crippen LogP contribution in [0.3, 0.4) is 0 Å². The Balaban J connectivity index is 1.97. The highest BCUT2D eigenvalue weighted by Gasteiger charge is 2.25. The Labute approximate surface area is 116 Å². The van der Waals surface area contributed by atoms with Gasteiger partial charge in [0.1, 0.15) is 0 Å². The quantitative estimate of drug-likeness (QED) is 0.855. The van der Waals surface area contributed by atoms with Gasteiger partial charge in [-0.05, 0) is 50.4 Å². The first-order chi connectivity index (χ1) is 9.35. The molecule has 2 N–H and O–H groups in total. The lowest BCUT2D eigenvalue weighted by Crippen LogP contribution is -2.39. The molecule has 1 fully saturated rings. The van der Waals surface area contributed by atoms with Crippen molar-refractivity contribution in [2.45, 2.75) is 25.3 Å². The van der Waals surface area contributed by atoms with Crippen LogP contribution in [-0.4, -0.2) is 38.3 Å². The Morgan fingerprint density at radius 2 is 1.95 bits per heavy atom. The number of nitrogens with zero attached hydrogens (tertiary/aromatic N) is 1. The molecule has 19 heavy (non-hydrogen) atoms. The van der Waals surface area contributed by atoms with Crippen LogP contribution in [-0.2, 0) is 4.74 Å². The SMILES string of the molecule is COCC(c1ccccc1)N1CCC(CCN)CC1. The molecule has 1 aliphatic heterocycles. The standard InChI is InChI=1S/C16H26N2O/c1-19-13-16(15-5-3-2-4-6-15)18-11-8-14(7-10-17)9-12-18/h2-6,14,16H,7-13,17H2,1H3. The van der Waals surface area contributed by atoms with Crippen molar-refractivity contribution in [3.05, 3.63) is 35.9 Å². The highest BCUT2D eigenvalue weighted by Crippen LogP contribution is 2.28. The molecule has 1 heterocycles. The Hall–Kier alpha value is -0.900. The van der Waals surface area contributed by atoms with E-state index in [1.165, 1.54) is 24.8 Å². The number of nitrogens with two attached hydrogens (primary N) is 1. The van der Waals surface area contributed by atoms with E-state index in [0.717, 1.165) is 32.2 Å². The molecule has 2 rings (SSSR count). The second kappa shape index (κ2) is 7.63. The summed E-state index contributed by atoms with van der Waals surface area (Å²) in [7, 11) is 1.79. The number of methoxy groups -OCH3 is 1. The van der Waals surface area contributed by atoms with Crippen LogP contribution in [0.25, 0.3) is 0 Å². The van der Waals surface area contributed by atoms with Gasteiger partial charge in [-0.3, -0.25) is 4.90 Å². The third-order valence-electron chi connectivity index (χ3n) is 4.17. The topological polar surface area (TPSA) is 38.5 Å². The first kappa shape index (κ1) is 14.5. The molecule has 0 spiro atoms. The van der Waals surface area contributed by atoms with E-state index < -0.39 is 0 Å². The van der Waals surface area contributed by atoms with E-state index in [4.69, 9.17) is 10.5 Å². The van der Waals surface area contributed by atoms with E-state index in [1.54, 1.807) is 7.11 Å². The minimum atomic E-state index is 0.394. The molecule has 0 aliphatic carbocycles. The van der Waals surface area contributed by atoms with E-state index in [1.807, 2.05) is 0 Å². The molecular weight excluding hydrogens is 236 g/mol. The van der Waals surface area contributed by atoms with Gasteiger partial charge in [0.05, 0.1) is 12.6 Å². The fourth-order valence-electron chi connectivity index (χ4n) is 3.03. The molecule has 3 nitrogen and oxygen atoms in total. The summed E-state index contributed by atoms with van der Waals surface area (Å²) in [6, 6.07) is 11.1. The normalized spacial score (nSPS) is 19.5. The summed E-state index contributed by atoms with van der Waals surface area (Å²) in [4.78, 5) is 2.56. The largest absolute Gasteiger partial charge is 0.383 e. The van der Waals surface area contributed by atoms with E-state index >= 15 is 0 Å². The molecule has 1 atom stereocenters. The van der Waals surface area contributed by atoms with Gasteiger partial charge in [-0.25, -0.2) is 0 Å². The van der Waals surface area contributed by atoms with Crippen LogP contribution in [0.15, 0.2) is 30.3 Å². The van der Waals surface area contributed by atoms with Gasteiger partial charge >= 0.3 is 0 Å². The summed E-state index contributed by atoms with van der Waals surface area (Å²) in [5.74, 6) is 0.820. The zero-order chi connectivity index (χ0) is 13.5. The van der Waals surface area contributed by atoms with E-state index in [9.17, 15) is 0 Å². The number of rotatable bonds is 6. The molecule has 1 aromatic rings. The second-order valence-electron chi connectivity index (χ2n) is 5.44. The van der Waals surface area contributed by atoms with Crippen LogP contribution in [0.2, 0.25) is 0 Å². The molecule has 0 saturated carbocycles. The Morgan fingerprint density at radius 1 is 1.26 bits per heavy atom. The zero-order valence-corrected chi connectivity index (χ0v) is 11.9.